The minimum Gasteiger partial charge on any atom is -0.0654 e. The van der Waals surface area contributed by atoms with Crippen molar-refractivity contribution in [2.24, 2.45) is 0 Å². The number of hydrogen-bond acceptors (Lipinski definition) is 0. The molecule has 0 unspecified atom stereocenters. The zero-order valence-corrected chi connectivity index (χ0v) is 19.4. The maximum absolute atomic E-state index is 2.57. The molecule has 0 heterocycles. The zero-order chi connectivity index (χ0) is 20.7. The quantitative estimate of drug-likeness (QED) is 0.317. The average molecular weight is 391 g/mol. The Balaban J connectivity index is 2.07. The second kappa shape index (κ2) is 10.5. The molecule has 0 aromatic heterocycles. The molecule has 2 aromatic carbocycles. The SMILES string of the molecule is CCCCCCC1(CCCCCC)c2cc(CC)ccc2-c2ccc(CC)cc21. The molecule has 1 aliphatic carbocycles. The Morgan fingerprint density at radius 3 is 1.38 bits per heavy atom. The summed E-state index contributed by atoms with van der Waals surface area (Å²) in [6.45, 7) is 9.23. The van der Waals surface area contributed by atoms with E-state index in [2.05, 4.69) is 64.1 Å². The largest absolute Gasteiger partial charge is 0.0654 e. The van der Waals surface area contributed by atoms with E-state index in [4.69, 9.17) is 0 Å². The van der Waals surface area contributed by atoms with Crippen LogP contribution < -0.4 is 0 Å². The standard InChI is InChI=1S/C29H42/c1-5-9-11-13-19-29(20-14-12-10-6-2)27-21-23(7-3)15-17-25(27)26-18-16-24(8-4)22-28(26)29/h15-18,21-22H,5-14,19-20H2,1-4H3. The number of unbranched alkanes of at least 4 members (excludes halogenated alkanes) is 6. The Hall–Kier alpha value is -1.56. The van der Waals surface area contributed by atoms with E-state index in [9.17, 15) is 0 Å². The van der Waals surface area contributed by atoms with Crippen molar-refractivity contribution in [2.75, 3.05) is 0 Å². The van der Waals surface area contributed by atoms with Gasteiger partial charge in [0, 0.05) is 5.41 Å². The molecule has 0 spiro atoms. The first kappa shape index (κ1) is 22.1. The van der Waals surface area contributed by atoms with Crippen molar-refractivity contribution in [3.8, 4) is 11.1 Å². The minimum atomic E-state index is 0.239. The predicted octanol–water partition coefficient (Wildman–Crippen LogP) is 9.02. The molecule has 1 aliphatic rings. The molecular formula is C29H42. The van der Waals surface area contributed by atoms with Crippen LogP contribution in [0.5, 0.6) is 0 Å². The lowest BCUT2D eigenvalue weighted by Gasteiger charge is -2.33. The second-order valence-electron chi connectivity index (χ2n) is 9.17. The van der Waals surface area contributed by atoms with Gasteiger partial charge in [-0.15, -0.1) is 0 Å². The first-order chi connectivity index (χ1) is 14.2. The third-order valence-electron chi connectivity index (χ3n) is 7.22. The summed E-state index contributed by atoms with van der Waals surface area (Å²) in [7, 11) is 0. The van der Waals surface area contributed by atoms with Crippen molar-refractivity contribution in [1.82, 2.24) is 0 Å². The van der Waals surface area contributed by atoms with E-state index >= 15 is 0 Å². The number of aryl methyl sites for hydroxylation is 2. The lowest BCUT2D eigenvalue weighted by Crippen LogP contribution is -2.26. The highest BCUT2D eigenvalue weighted by Crippen LogP contribution is 2.54. The van der Waals surface area contributed by atoms with Crippen LogP contribution in [0.3, 0.4) is 0 Å². The summed E-state index contributed by atoms with van der Waals surface area (Å²) in [4.78, 5) is 0. The molecule has 0 aliphatic heterocycles. The summed E-state index contributed by atoms with van der Waals surface area (Å²) in [6, 6.07) is 14.7. The molecule has 0 bridgehead atoms. The minimum absolute atomic E-state index is 0.239. The molecule has 2 aromatic rings. The van der Waals surface area contributed by atoms with Crippen LogP contribution in [0, 0.1) is 0 Å². The van der Waals surface area contributed by atoms with Gasteiger partial charge in [-0.25, -0.2) is 0 Å². The number of hydrogen-bond donors (Lipinski definition) is 0. The van der Waals surface area contributed by atoms with Crippen LogP contribution in [0.15, 0.2) is 36.4 Å². The van der Waals surface area contributed by atoms with Gasteiger partial charge in [0.25, 0.3) is 0 Å². The predicted molar refractivity (Wildman–Crippen MR) is 129 cm³/mol. The Morgan fingerprint density at radius 1 is 0.552 bits per heavy atom. The first-order valence-corrected chi connectivity index (χ1v) is 12.5. The third kappa shape index (κ3) is 4.62. The van der Waals surface area contributed by atoms with Gasteiger partial charge in [0.2, 0.25) is 0 Å². The van der Waals surface area contributed by atoms with E-state index in [-0.39, 0.29) is 5.41 Å². The molecule has 0 atom stereocenters. The van der Waals surface area contributed by atoms with Crippen molar-refractivity contribution >= 4 is 0 Å². The molecule has 0 saturated carbocycles. The van der Waals surface area contributed by atoms with E-state index in [0.29, 0.717) is 0 Å². The summed E-state index contributed by atoms with van der Waals surface area (Å²) in [5.74, 6) is 0. The normalized spacial score (nSPS) is 14.1. The second-order valence-corrected chi connectivity index (χ2v) is 9.17. The lowest BCUT2D eigenvalue weighted by atomic mass is 9.70. The maximum atomic E-state index is 2.57. The lowest BCUT2D eigenvalue weighted by molar-refractivity contribution is 0.400. The van der Waals surface area contributed by atoms with Gasteiger partial charge in [0.05, 0.1) is 0 Å². The van der Waals surface area contributed by atoms with Gasteiger partial charge >= 0.3 is 0 Å². The monoisotopic (exact) mass is 390 g/mol. The molecule has 0 saturated heterocycles. The molecular weight excluding hydrogens is 348 g/mol. The fourth-order valence-electron chi connectivity index (χ4n) is 5.40. The first-order valence-electron chi connectivity index (χ1n) is 12.5. The van der Waals surface area contributed by atoms with Gasteiger partial charge in [0.1, 0.15) is 0 Å². The Kier molecular flexibility index (Phi) is 7.99. The van der Waals surface area contributed by atoms with E-state index in [1.54, 1.807) is 11.1 Å². The van der Waals surface area contributed by atoms with Crippen molar-refractivity contribution in [3.05, 3.63) is 58.7 Å². The maximum Gasteiger partial charge on any atom is 0.0215 e. The molecule has 3 rings (SSSR count). The number of fused-ring (bicyclic) bond motifs is 3. The van der Waals surface area contributed by atoms with Crippen molar-refractivity contribution in [1.29, 1.82) is 0 Å². The fourth-order valence-corrected chi connectivity index (χ4v) is 5.40. The summed E-state index contributed by atoms with van der Waals surface area (Å²) < 4.78 is 0. The van der Waals surface area contributed by atoms with Gasteiger partial charge in [-0.2, -0.15) is 0 Å². The van der Waals surface area contributed by atoms with Crippen LogP contribution in [-0.4, -0.2) is 0 Å². The third-order valence-corrected chi connectivity index (χ3v) is 7.22. The zero-order valence-electron chi connectivity index (χ0n) is 19.4. The van der Waals surface area contributed by atoms with E-state index in [0.717, 1.165) is 12.8 Å². The molecule has 0 fully saturated rings. The van der Waals surface area contributed by atoms with Crippen LogP contribution in [-0.2, 0) is 18.3 Å². The van der Waals surface area contributed by atoms with Crippen LogP contribution >= 0.6 is 0 Å². The van der Waals surface area contributed by atoms with Crippen LogP contribution in [0.4, 0.5) is 0 Å². The van der Waals surface area contributed by atoms with Crippen molar-refractivity contribution in [2.45, 2.75) is 110 Å². The summed E-state index contributed by atoms with van der Waals surface area (Å²) in [5.41, 5.74) is 9.57. The Morgan fingerprint density at radius 2 is 1.00 bits per heavy atom. The Bertz CT molecular complexity index is 715. The highest BCUT2D eigenvalue weighted by atomic mass is 14.4. The van der Waals surface area contributed by atoms with Gasteiger partial charge in [-0.1, -0.05) is 115 Å². The number of benzene rings is 2. The molecule has 0 radical (unpaired) electrons. The van der Waals surface area contributed by atoms with E-state index in [1.807, 2.05) is 0 Å². The highest BCUT2D eigenvalue weighted by molar-refractivity contribution is 5.81. The molecule has 0 heteroatoms. The molecule has 29 heavy (non-hydrogen) atoms. The van der Waals surface area contributed by atoms with Gasteiger partial charge < -0.3 is 0 Å². The van der Waals surface area contributed by atoms with Crippen LogP contribution in [0.1, 0.15) is 114 Å². The van der Waals surface area contributed by atoms with Gasteiger partial charge in [0.15, 0.2) is 0 Å². The molecule has 0 N–H and O–H groups in total. The van der Waals surface area contributed by atoms with Gasteiger partial charge in [-0.05, 0) is 59.1 Å². The molecule has 158 valence electrons. The van der Waals surface area contributed by atoms with Gasteiger partial charge in [-0.3, -0.25) is 0 Å². The Labute approximate surface area is 180 Å². The summed E-state index contributed by atoms with van der Waals surface area (Å²) in [6.07, 6.45) is 15.7. The average Bonchev–Trinajstić information content (AvgIpc) is 3.03. The fraction of sp³-hybridized carbons (Fsp3) is 0.586. The van der Waals surface area contributed by atoms with E-state index in [1.165, 1.54) is 86.5 Å². The number of rotatable bonds is 12. The smallest absolute Gasteiger partial charge is 0.0215 e. The van der Waals surface area contributed by atoms with Crippen molar-refractivity contribution < 1.29 is 0 Å². The summed E-state index contributed by atoms with van der Waals surface area (Å²) in [5, 5.41) is 0. The highest BCUT2D eigenvalue weighted by Gasteiger charge is 2.42. The van der Waals surface area contributed by atoms with E-state index < -0.39 is 0 Å². The summed E-state index contributed by atoms with van der Waals surface area (Å²) >= 11 is 0. The molecule has 0 nitrogen and oxygen atoms in total. The van der Waals surface area contributed by atoms with Crippen LogP contribution in [0.25, 0.3) is 11.1 Å². The topological polar surface area (TPSA) is 0 Å². The molecule has 0 amide bonds. The van der Waals surface area contributed by atoms with Crippen LogP contribution in [0.2, 0.25) is 0 Å². The van der Waals surface area contributed by atoms with Crippen molar-refractivity contribution in [3.63, 3.8) is 0 Å².